The van der Waals surface area contributed by atoms with Crippen LogP contribution in [0.2, 0.25) is 0 Å². The summed E-state index contributed by atoms with van der Waals surface area (Å²) in [6.45, 7) is 5.66. The van der Waals surface area contributed by atoms with Crippen LogP contribution in [-0.2, 0) is 14.3 Å². The van der Waals surface area contributed by atoms with Gasteiger partial charge >= 0.3 is 5.97 Å². The van der Waals surface area contributed by atoms with Gasteiger partial charge in [-0.1, -0.05) is 13.8 Å². The third kappa shape index (κ3) is 1.35. The van der Waals surface area contributed by atoms with E-state index in [4.69, 9.17) is 16.3 Å². The van der Waals surface area contributed by atoms with Crippen LogP contribution in [0.1, 0.15) is 27.2 Å². The van der Waals surface area contributed by atoms with E-state index in [9.17, 15) is 9.59 Å². The predicted molar refractivity (Wildman–Crippen MR) is 48.3 cm³/mol. The molecule has 0 aromatic heterocycles. The topological polar surface area (TPSA) is 43.4 Å². The molecule has 1 aliphatic carbocycles. The molecule has 0 unspecified atom stereocenters. The fourth-order valence-corrected chi connectivity index (χ4v) is 2.04. The fraction of sp³-hybridized carbons (Fsp3) is 0.778. The summed E-state index contributed by atoms with van der Waals surface area (Å²) < 4.78 is 4.82. The Morgan fingerprint density at radius 2 is 1.92 bits per heavy atom. The second-order valence-corrected chi connectivity index (χ2v) is 4.30. The normalized spacial score (nSPS) is 29.5. The van der Waals surface area contributed by atoms with Crippen LogP contribution < -0.4 is 0 Å². The zero-order chi connectivity index (χ0) is 10.3. The van der Waals surface area contributed by atoms with E-state index < -0.39 is 16.6 Å². The first-order chi connectivity index (χ1) is 5.88. The second kappa shape index (κ2) is 2.98. The van der Waals surface area contributed by atoms with Gasteiger partial charge in [0, 0.05) is 0 Å². The maximum atomic E-state index is 11.5. The number of rotatable bonds is 3. The van der Waals surface area contributed by atoms with Gasteiger partial charge in [-0.25, -0.2) is 0 Å². The van der Waals surface area contributed by atoms with Crippen molar-refractivity contribution < 1.29 is 14.3 Å². The summed E-state index contributed by atoms with van der Waals surface area (Å²) in [6, 6.07) is 0. The molecule has 0 bridgehead atoms. The van der Waals surface area contributed by atoms with E-state index in [2.05, 4.69) is 0 Å². The Morgan fingerprint density at radius 3 is 2.15 bits per heavy atom. The lowest BCUT2D eigenvalue weighted by Gasteiger charge is -2.13. The van der Waals surface area contributed by atoms with Gasteiger partial charge in [-0.3, -0.25) is 9.59 Å². The molecule has 0 saturated heterocycles. The van der Waals surface area contributed by atoms with E-state index in [-0.39, 0.29) is 12.0 Å². The largest absolute Gasteiger partial charge is 0.465 e. The number of hydrogen-bond acceptors (Lipinski definition) is 3. The van der Waals surface area contributed by atoms with Crippen LogP contribution in [0, 0.1) is 10.8 Å². The average molecular weight is 205 g/mol. The molecule has 0 N–H and O–H groups in total. The Bertz CT molecular complexity index is 260. The maximum Gasteiger partial charge on any atom is 0.321 e. The van der Waals surface area contributed by atoms with Gasteiger partial charge in [0.2, 0.25) is 5.24 Å². The Labute approximate surface area is 82.4 Å². The molecule has 1 atom stereocenters. The molecule has 13 heavy (non-hydrogen) atoms. The highest BCUT2D eigenvalue weighted by Crippen LogP contribution is 2.65. The zero-order valence-corrected chi connectivity index (χ0v) is 8.77. The minimum absolute atomic E-state index is 0.279. The van der Waals surface area contributed by atoms with Crippen molar-refractivity contribution in [2.24, 2.45) is 10.8 Å². The summed E-state index contributed by atoms with van der Waals surface area (Å²) in [5.41, 5.74) is -1.43. The first kappa shape index (κ1) is 10.5. The molecule has 0 aromatic rings. The summed E-state index contributed by atoms with van der Waals surface area (Å²) in [5.74, 6) is -0.486. The third-order valence-electron chi connectivity index (χ3n) is 2.70. The van der Waals surface area contributed by atoms with Crippen molar-refractivity contribution in [2.75, 3.05) is 6.61 Å². The van der Waals surface area contributed by atoms with Gasteiger partial charge in [0.15, 0.2) is 0 Å². The summed E-state index contributed by atoms with van der Waals surface area (Å²) in [4.78, 5) is 22.6. The van der Waals surface area contributed by atoms with Gasteiger partial charge in [-0.05, 0) is 30.4 Å². The van der Waals surface area contributed by atoms with Gasteiger partial charge in [-0.2, -0.15) is 0 Å². The highest BCUT2D eigenvalue weighted by molar-refractivity contribution is 6.67. The number of halogens is 1. The summed E-state index contributed by atoms with van der Waals surface area (Å²) in [7, 11) is 0. The van der Waals surface area contributed by atoms with Crippen LogP contribution in [-0.4, -0.2) is 17.8 Å². The first-order valence-corrected chi connectivity index (χ1v) is 4.63. The highest BCUT2D eigenvalue weighted by Gasteiger charge is 2.72. The maximum absolute atomic E-state index is 11.5. The molecule has 0 radical (unpaired) electrons. The van der Waals surface area contributed by atoms with Crippen LogP contribution >= 0.6 is 11.6 Å². The van der Waals surface area contributed by atoms with E-state index in [1.165, 1.54) is 0 Å². The quantitative estimate of drug-likeness (QED) is 0.400. The van der Waals surface area contributed by atoms with Crippen molar-refractivity contribution in [3.05, 3.63) is 0 Å². The molecule has 0 amide bonds. The molecule has 0 aromatic carbocycles. The molecule has 4 heteroatoms. The first-order valence-electron chi connectivity index (χ1n) is 4.25. The lowest BCUT2D eigenvalue weighted by molar-refractivity contribution is -0.153. The van der Waals surface area contributed by atoms with E-state index in [0.29, 0.717) is 6.42 Å². The van der Waals surface area contributed by atoms with Crippen molar-refractivity contribution in [3.8, 4) is 0 Å². The van der Waals surface area contributed by atoms with Crippen molar-refractivity contribution in [3.63, 3.8) is 0 Å². The van der Waals surface area contributed by atoms with Crippen molar-refractivity contribution in [1.82, 2.24) is 0 Å². The average Bonchev–Trinajstić information content (AvgIpc) is 2.56. The van der Waals surface area contributed by atoms with Crippen LogP contribution in [0.25, 0.3) is 0 Å². The molecule has 0 heterocycles. The van der Waals surface area contributed by atoms with E-state index in [0.717, 1.165) is 0 Å². The third-order valence-corrected chi connectivity index (χ3v) is 3.02. The minimum Gasteiger partial charge on any atom is -0.465 e. The minimum atomic E-state index is -1.08. The zero-order valence-electron chi connectivity index (χ0n) is 8.02. The SMILES string of the molecule is CCOC(=O)[C@@]1(C(=O)Cl)CC1(C)C. The van der Waals surface area contributed by atoms with Crippen LogP contribution in [0.4, 0.5) is 0 Å². The molecular formula is C9H13ClO3. The van der Waals surface area contributed by atoms with Crippen molar-refractivity contribution in [2.45, 2.75) is 27.2 Å². The molecule has 74 valence electrons. The monoisotopic (exact) mass is 204 g/mol. The lowest BCUT2D eigenvalue weighted by atomic mass is 9.97. The van der Waals surface area contributed by atoms with Crippen LogP contribution in [0.3, 0.4) is 0 Å². The molecule has 1 saturated carbocycles. The highest BCUT2D eigenvalue weighted by atomic mass is 35.5. The van der Waals surface area contributed by atoms with E-state index in [1.54, 1.807) is 6.92 Å². The van der Waals surface area contributed by atoms with Crippen molar-refractivity contribution >= 4 is 22.8 Å². The predicted octanol–water partition coefficient (Wildman–Crippen LogP) is 1.73. The Balaban J connectivity index is 2.85. The molecule has 0 spiro atoms. The van der Waals surface area contributed by atoms with Crippen LogP contribution in [0.5, 0.6) is 0 Å². The molecular weight excluding hydrogens is 192 g/mol. The Morgan fingerprint density at radius 1 is 1.46 bits per heavy atom. The van der Waals surface area contributed by atoms with Gasteiger partial charge in [-0.15, -0.1) is 0 Å². The molecule has 3 nitrogen and oxygen atoms in total. The van der Waals surface area contributed by atoms with Gasteiger partial charge in [0.25, 0.3) is 0 Å². The van der Waals surface area contributed by atoms with Gasteiger partial charge in [0.1, 0.15) is 5.41 Å². The second-order valence-electron chi connectivity index (χ2n) is 3.96. The summed E-state index contributed by atoms with van der Waals surface area (Å²) in [6.07, 6.45) is 0.487. The Kier molecular flexibility index (Phi) is 2.41. The number of hydrogen-bond donors (Lipinski definition) is 0. The number of carbonyl (C=O) groups excluding carboxylic acids is 2. The van der Waals surface area contributed by atoms with Gasteiger partial charge < -0.3 is 4.74 Å². The number of carbonyl (C=O) groups is 2. The smallest absolute Gasteiger partial charge is 0.321 e. The van der Waals surface area contributed by atoms with Crippen molar-refractivity contribution in [1.29, 1.82) is 0 Å². The summed E-state index contributed by atoms with van der Waals surface area (Å²) >= 11 is 5.41. The summed E-state index contributed by atoms with van der Waals surface area (Å²) in [5, 5.41) is -0.601. The van der Waals surface area contributed by atoms with Gasteiger partial charge in [0.05, 0.1) is 6.61 Å². The molecule has 1 rings (SSSR count). The van der Waals surface area contributed by atoms with E-state index in [1.807, 2.05) is 13.8 Å². The lowest BCUT2D eigenvalue weighted by Crippen LogP contribution is -2.29. The number of ether oxygens (including phenoxy) is 1. The van der Waals surface area contributed by atoms with E-state index >= 15 is 0 Å². The standard InChI is InChI=1S/C9H13ClO3/c1-4-13-7(12)9(6(10)11)5-8(9,2)3/h4-5H2,1-3H3/t9-/m0/s1. The molecule has 1 aliphatic rings. The molecule has 0 aliphatic heterocycles. The number of esters is 1. The Hall–Kier alpha value is -0.570. The molecule has 1 fully saturated rings. The fourth-order valence-electron chi connectivity index (χ4n) is 1.64. The van der Waals surface area contributed by atoms with Crippen LogP contribution in [0.15, 0.2) is 0 Å².